The summed E-state index contributed by atoms with van der Waals surface area (Å²) in [6, 6.07) is 3.49. The molecule has 0 saturated carbocycles. The van der Waals surface area contributed by atoms with Crippen LogP contribution in [0, 0.1) is 6.92 Å². The van der Waals surface area contributed by atoms with Crippen molar-refractivity contribution < 1.29 is 14.3 Å². The Morgan fingerprint density at radius 1 is 1.47 bits per heavy atom. The van der Waals surface area contributed by atoms with Crippen LogP contribution >= 0.6 is 0 Å². The number of carbonyl (C=O) groups excluding carboxylic acids is 2. The molecule has 15 heavy (non-hydrogen) atoms. The molecular formula is C11H13NO3. The third-order valence-electron chi connectivity index (χ3n) is 2.05. The Morgan fingerprint density at radius 2 is 2.13 bits per heavy atom. The molecule has 0 saturated heterocycles. The van der Waals surface area contributed by atoms with E-state index in [1.54, 1.807) is 12.1 Å². The summed E-state index contributed by atoms with van der Waals surface area (Å²) < 4.78 is 5.03. The first-order valence-corrected chi connectivity index (χ1v) is 4.50. The van der Waals surface area contributed by atoms with Crippen molar-refractivity contribution in [1.29, 1.82) is 0 Å². The van der Waals surface area contributed by atoms with Gasteiger partial charge in [0.1, 0.15) is 5.75 Å². The van der Waals surface area contributed by atoms with Crippen LogP contribution in [0.4, 0.5) is 5.69 Å². The average Bonchev–Trinajstić information content (AvgIpc) is 2.20. The van der Waals surface area contributed by atoms with E-state index in [1.165, 1.54) is 14.0 Å². The van der Waals surface area contributed by atoms with Gasteiger partial charge in [0.15, 0.2) is 6.29 Å². The molecule has 1 N–H and O–H groups in total. The Kier molecular flexibility index (Phi) is 3.44. The van der Waals surface area contributed by atoms with Crippen LogP contribution < -0.4 is 10.1 Å². The fourth-order valence-corrected chi connectivity index (χ4v) is 1.35. The molecule has 4 heteroatoms. The van der Waals surface area contributed by atoms with E-state index >= 15 is 0 Å². The molecule has 0 spiro atoms. The number of nitrogens with one attached hydrogen (secondary N) is 1. The van der Waals surface area contributed by atoms with E-state index in [4.69, 9.17) is 4.74 Å². The van der Waals surface area contributed by atoms with Crippen molar-refractivity contribution in [2.75, 3.05) is 12.4 Å². The minimum Gasteiger partial charge on any atom is -0.496 e. The first kappa shape index (κ1) is 11.2. The minimum atomic E-state index is -0.213. The number of ether oxygens (including phenoxy) is 1. The lowest BCUT2D eigenvalue weighted by Crippen LogP contribution is -2.10. The molecule has 0 radical (unpaired) electrons. The predicted octanol–water partition coefficient (Wildman–Crippen LogP) is 1.77. The summed E-state index contributed by atoms with van der Waals surface area (Å²) in [5.41, 5.74) is 1.71. The summed E-state index contributed by atoms with van der Waals surface area (Å²) in [7, 11) is 1.48. The smallest absolute Gasteiger partial charge is 0.221 e. The van der Waals surface area contributed by atoms with Crippen LogP contribution in [0.2, 0.25) is 0 Å². The normalized spacial score (nSPS) is 9.53. The molecule has 0 unspecified atom stereocenters. The minimum absolute atomic E-state index is 0.213. The molecule has 1 rings (SSSR count). The average molecular weight is 207 g/mol. The van der Waals surface area contributed by atoms with Gasteiger partial charge in [-0.05, 0) is 18.6 Å². The van der Waals surface area contributed by atoms with E-state index in [2.05, 4.69) is 5.32 Å². The molecule has 1 amide bonds. The van der Waals surface area contributed by atoms with Gasteiger partial charge in [-0.15, -0.1) is 0 Å². The summed E-state index contributed by atoms with van der Waals surface area (Å²) in [6.07, 6.45) is 0.678. The fourth-order valence-electron chi connectivity index (χ4n) is 1.35. The van der Waals surface area contributed by atoms with Gasteiger partial charge in [0.25, 0.3) is 0 Å². The number of amides is 1. The number of benzene rings is 1. The number of carbonyl (C=O) groups is 2. The number of aldehydes is 1. The number of anilines is 1. The highest BCUT2D eigenvalue weighted by Gasteiger charge is 2.11. The van der Waals surface area contributed by atoms with Gasteiger partial charge in [-0.3, -0.25) is 9.59 Å². The molecule has 0 fully saturated rings. The molecule has 0 heterocycles. The van der Waals surface area contributed by atoms with Gasteiger partial charge in [-0.1, -0.05) is 6.07 Å². The number of methoxy groups -OCH3 is 1. The number of hydrogen-bond acceptors (Lipinski definition) is 3. The first-order valence-electron chi connectivity index (χ1n) is 4.50. The Morgan fingerprint density at radius 3 is 2.60 bits per heavy atom. The Hall–Kier alpha value is -1.84. The van der Waals surface area contributed by atoms with E-state index in [1.807, 2.05) is 6.92 Å². The van der Waals surface area contributed by atoms with Crippen molar-refractivity contribution in [3.63, 3.8) is 0 Å². The summed E-state index contributed by atoms with van der Waals surface area (Å²) in [6.45, 7) is 3.21. The highest BCUT2D eigenvalue weighted by atomic mass is 16.5. The number of aryl methyl sites for hydroxylation is 1. The second-order valence-electron chi connectivity index (χ2n) is 3.17. The lowest BCUT2D eigenvalue weighted by molar-refractivity contribution is -0.114. The molecule has 80 valence electrons. The maximum atomic E-state index is 11.0. The van der Waals surface area contributed by atoms with Gasteiger partial charge >= 0.3 is 0 Å². The molecule has 0 aliphatic carbocycles. The number of hydrogen-bond donors (Lipinski definition) is 1. The summed E-state index contributed by atoms with van der Waals surface area (Å²) in [4.78, 5) is 21.9. The monoisotopic (exact) mass is 207 g/mol. The largest absolute Gasteiger partial charge is 0.496 e. The van der Waals surface area contributed by atoms with E-state index in [9.17, 15) is 9.59 Å². The Bertz CT molecular complexity index is 399. The summed E-state index contributed by atoms with van der Waals surface area (Å²) in [5, 5.41) is 2.62. The van der Waals surface area contributed by atoms with Gasteiger partial charge in [0.2, 0.25) is 5.91 Å². The predicted molar refractivity (Wildman–Crippen MR) is 57.4 cm³/mol. The van der Waals surface area contributed by atoms with Crippen molar-refractivity contribution >= 4 is 17.9 Å². The molecule has 4 nitrogen and oxygen atoms in total. The van der Waals surface area contributed by atoms with E-state index < -0.39 is 0 Å². The second-order valence-corrected chi connectivity index (χ2v) is 3.17. The maximum Gasteiger partial charge on any atom is 0.221 e. The highest BCUT2D eigenvalue weighted by molar-refractivity contribution is 5.98. The Labute approximate surface area is 88.2 Å². The zero-order valence-corrected chi connectivity index (χ0v) is 8.96. The molecule has 1 aromatic rings. The van der Waals surface area contributed by atoms with Crippen LogP contribution in [0.15, 0.2) is 12.1 Å². The molecule has 1 aromatic carbocycles. The van der Waals surface area contributed by atoms with E-state index in [0.29, 0.717) is 23.3 Å². The van der Waals surface area contributed by atoms with Crippen LogP contribution in [0.25, 0.3) is 0 Å². The third kappa shape index (κ3) is 2.34. The first-order chi connectivity index (χ1) is 7.10. The van der Waals surface area contributed by atoms with E-state index in [0.717, 1.165) is 5.56 Å². The van der Waals surface area contributed by atoms with Crippen LogP contribution in [0.5, 0.6) is 5.75 Å². The quantitative estimate of drug-likeness (QED) is 0.768. The molecule has 0 aromatic heterocycles. The van der Waals surface area contributed by atoms with Crippen LogP contribution in [-0.4, -0.2) is 19.3 Å². The van der Waals surface area contributed by atoms with Gasteiger partial charge in [0.05, 0.1) is 18.4 Å². The van der Waals surface area contributed by atoms with Gasteiger partial charge < -0.3 is 10.1 Å². The van der Waals surface area contributed by atoms with E-state index in [-0.39, 0.29) is 5.91 Å². The van der Waals surface area contributed by atoms with Crippen molar-refractivity contribution in [2.24, 2.45) is 0 Å². The van der Waals surface area contributed by atoms with Crippen molar-refractivity contribution in [3.05, 3.63) is 23.3 Å². The summed E-state index contributed by atoms with van der Waals surface area (Å²) in [5.74, 6) is 0.244. The standard InChI is InChI=1S/C11H13NO3/c1-7-4-5-10(15-3)9(6-13)11(7)12-8(2)14/h4-6H,1-3H3,(H,12,14). The number of rotatable bonds is 3. The molecular weight excluding hydrogens is 194 g/mol. The zero-order chi connectivity index (χ0) is 11.4. The maximum absolute atomic E-state index is 11.0. The lowest BCUT2D eigenvalue weighted by atomic mass is 10.1. The van der Waals surface area contributed by atoms with Crippen molar-refractivity contribution in [3.8, 4) is 5.75 Å². The van der Waals surface area contributed by atoms with Gasteiger partial charge in [-0.25, -0.2) is 0 Å². The third-order valence-corrected chi connectivity index (χ3v) is 2.05. The van der Waals surface area contributed by atoms with Gasteiger partial charge in [-0.2, -0.15) is 0 Å². The van der Waals surface area contributed by atoms with Crippen LogP contribution in [-0.2, 0) is 4.79 Å². The molecule has 0 aliphatic rings. The topological polar surface area (TPSA) is 55.4 Å². The zero-order valence-electron chi connectivity index (χ0n) is 8.96. The lowest BCUT2D eigenvalue weighted by Gasteiger charge is -2.12. The molecule has 0 bridgehead atoms. The molecule has 0 aliphatic heterocycles. The second kappa shape index (κ2) is 4.59. The van der Waals surface area contributed by atoms with Crippen molar-refractivity contribution in [2.45, 2.75) is 13.8 Å². The summed E-state index contributed by atoms with van der Waals surface area (Å²) >= 11 is 0. The van der Waals surface area contributed by atoms with Crippen LogP contribution in [0.1, 0.15) is 22.8 Å². The fraction of sp³-hybridized carbons (Fsp3) is 0.273. The van der Waals surface area contributed by atoms with Gasteiger partial charge in [0, 0.05) is 6.92 Å². The highest BCUT2D eigenvalue weighted by Crippen LogP contribution is 2.28. The SMILES string of the molecule is COc1ccc(C)c(NC(C)=O)c1C=O. The van der Waals surface area contributed by atoms with Crippen molar-refractivity contribution in [1.82, 2.24) is 0 Å². The van der Waals surface area contributed by atoms with Crippen LogP contribution in [0.3, 0.4) is 0 Å². The Balaban J connectivity index is 3.31. The molecule has 0 atom stereocenters.